The summed E-state index contributed by atoms with van der Waals surface area (Å²) in [5, 5.41) is 21.3. The highest BCUT2D eigenvalue weighted by Crippen LogP contribution is 2.35. The predicted molar refractivity (Wildman–Crippen MR) is 261 cm³/mol. The number of pyridine rings is 2. The van der Waals surface area contributed by atoms with Gasteiger partial charge in [0.05, 0.1) is 127 Å². The highest BCUT2D eigenvalue weighted by Gasteiger charge is 2.30. The van der Waals surface area contributed by atoms with Crippen molar-refractivity contribution in [2.45, 2.75) is 65.1 Å². The Labute approximate surface area is 396 Å². The molecule has 4 aromatic heterocycles. The first-order valence-corrected chi connectivity index (χ1v) is 23.5. The van der Waals surface area contributed by atoms with E-state index in [9.17, 15) is 10.2 Å². The molecule has 0 radical (unpaired) electrons. The van der Waals surface area contributed by atoms with Crippen molar-refractivity contribution in [1.29, 1.82) is 0 Å². The van der Waals surface area contributed by atoms with E-state index in [0.29, 0.717) is 87.5 Å². The molecule has 2 N–H and O–H groups in total. The smallest absolute Gasteiger partial charge is 0.229 e. The molecule has 6 aromatic rings. The maximum Gasteiger partial charge on any atom is 0.229 e. The second-order valence-corrected chi connectivity index (χ2v) is 17.7. The number of aliphatic hydroxyl groups is 2. The van der Waals surface area contributed by atoms with Crippen molar-refractivity contribution in [3.05, 3.63) is 71.8 Å². The molecule has 2 aromatic carbocycles. The third-order valence-electron chi connectivity index (χ3n) is 13.1. The van der Waals surface area contributed by atoms with Crippen LogP contribution in [0, 0.1) is 0 Å². The minimum absolute atomic E-state index is 0.106. The van der Waals surface area contributed by atoms with Gasteiger partial charge in [0.1, 0.15) is 23.1 Å². The molecule has 8 heterocycles. The maximum atomic E-state index is 9.75. The van der Waals surface area contributed by atoms with E-state index >= 15 is 0 Å². The molecule has 0 bridgehead atoms. The average Bonchev–Trinajstić information content (AvgIpc) is 3.38. The number of hydrogen-bond donors (Lipinski definition) is 2. The zero-order chi connectivity index (χ0) is 47.3. The molecule has 68 heavy (non-hydrogen) atoms. The van der Waals surface area contributed by atoms with Gasteiger partial charge >= 0.3 is 0 Å². The number of benzene rings is 2. The van der Waals surface area contributed by atoms with Crippen molar-refractivity contribution in [2.24, 2.45) is 0 Å². The fourth-order valence-electron chi connectivity index (χ4n) is 9.24. The molecule has 4 aliphatic heterocycles. The Morgan fingerprint density at radius 2 is 0.853 bits per heavy atom. The first kappa shape index (κ1) is 47.1. The highest BCUT2D eigenvalue weighted by atomic mass is 16.5. The first-order chi connectivity index (χ1) is 33.2. The fourth-order valence-corrected chi connectivity index (χ4v) is 9.24. The van der Waals surface area contributed by atoms with Gasteiger partial charge in [0.15, 0.2) is 11.3 Å². The minimum atomic E-state index is -0.106. The third-order valence-corrected chi connectivity index (χ3v) is 13.1. The van der Waals surface area contributed by atoms with Crippen molar-refractivity contribution < 1.29 is 38.6 Å². The summed E-state index contributed by atoms with van der Waals surface area (Å²) in [6, 6.07) is 20.3. The van der Waals surface area contributed by atoms with Crippen molar-refractivity contribution in [1.82, 2.24) is 29.9 Å². The molecule has 0 saturated carbocycles. The zero-order valence-electron chi connectivity index (χ0n) is 39.8. The van der Waals surface area contributed by atoms with E-state index in [-0.39, 0.29) is 37.4 Å². The third kappa shape index (κ3) is 9.79. The molecule has 4 saturated heterocycles. The Hall–Kier alpha value is -6.02. The zero-order valence-corrected chi connectivity index (χ0v) is 39.8. The van der Waals surface area contributed by atoms with Gasteiger partial charge in [-0.05, 0) is 88.4 Å². The summed E-state index contributed by atoms with van der Waals surface area (Å²) in [6.07, 6.45) is 0. The molecular formula is C50H62N10O8. The van der Waals surface area contributed by atoms with Crippen molar-refractivity contribution >= 4 is 45.6 Å². The molecule has 0 unspecified atom stereocenters. The largest absolute Gasteiger partial charge is 0.496 e. The topological polar surface area (TPSA) is 186 Å². The molecule has 0 spiro atoms. The quantitative estimate of drug-likeness (QED) is 0.180. The van der Waals surface area contributed by atoms with Gasteiger partial charge in [-0.1, -0.05) is 0 Å². The van der Waals surface area contributed by atoms with Gasteiger partial charge in [0, 0.05) is 48.4 Å². The summed E-state index contributed by atoms with van der Waals surface area (Å²) in [7, 11) is 3.20. The minimum Gasteiger partial charge on any atom is -0.496 e. The Morgan fingerprint density at radius 1 is 0.485 bits per heavy atom. The van der Waals surface area contributed by atoms with E-state index < -0.39 is 0 Å². The molecule has 4 fully saturated rings. The number of hydrogen-bond acceptors (Lipinski definition) is 18. The fraction of sp³-hybridized carbons (Fsp3) is 0.480. The molecule has 0 amide bonds. The monoisotopic (exact) mass is 930 g/mol. The molecule has 4 aliphatic rings. The summed E-state index contributed by atoms with van der Waals surface area (Å²) in [6.45, 7) is 16.6. The summed E-state index contributed by atoms with van der Waals surface area (Å²) in [5.41, 5.74) is 6.09. The van der Waals surface area contributed by atoms with E-state index in [4.69, 9.17) is 58.3 Å². The lowest BCUT2D eigenvalue weighted by atomic mass is 10.1. The van der Waals surface area contributed by atoms with Gasteiger partial charge in [-0.3, -0.25) is 0 Å². The molecule has 10 rings (SSSR count). The van der Waals surface area contributed by atoms with Crippen LogP contribution in [-0.4, -0.2) is 158 Å². The van der Waals surface area contributed by atoms with Gasteiger partial charge in [0.2, 0.25) is 11.9 Å². The van der Waals surface area contributed by atoms with Crippen LogP contribution in [0.4, 0.5) is 23.5 Å². The van der Waals surface area contributed by atoms with Gasteiger partial charge in [0.25, 0.3) is 0 Å². The molecule has 0 aliphatic carbocycles. The van der Waals surface area contributed by atoms with Gasteiger partial charge < -0.3 is 58.2 Å². The maximum absolute atomic E-state index is 9.75. The van der Waals surface area contributed by atoms with Crippen LogP contribution in [0.3, 0.4) is 0 Å². The Kier molecular flexibility index (Phi) is 14.6. The predicted octanol–water partition coefficient (Wildman–Crippen LogP) is 5.29. The van der Waals surface area contributed by atoms with Gasteiger partial charge in [-0.2, -0.15) is 19.9 Å². The van der Waals surface area contributed by atoms with Crippen LogP contribution in [0.1, 0.15) is 38.8 Å². The highest BCUT2D eigenvalue weighted by molar-refractivity contribution is 5.91. The Bertz CT molecular complexity index is 2530. The number of ether oxygens (including phenoxy) is 6. The summed E-state index contributed by atoms with van der Waals surface area (Å²) in [5.74, 6) is 4.43. The van der Waals surface area contributed by atoms with Crippen LogP contribution >= 0.6 is 0 Å². The number of anilines is 4. The number of aromatic nitrogens is 6. The summed E-state index contributed by atoms with van der Waals surface area (Å²) in [4.78, 5) is 38.8. The lowest BCUT2D eigenvalue weighted by molar-refractivity contribution is 0.0972. The summed E-state index contributed by atoms with van der Waals surface area (Å²) >= 11 is 0. The van der Waals surface area contributed by atoms with E-state index in [0.717, 1.165) is 82.2 Å². The van der Waals surface area contributed by atoms with Crippen LogP contribution in [0.5, 0.6) is 11.5 Å². The van der Waals surface area contributed by atoms with Crippen LogP contribution in [-0.2, 0) is 32.2 Å². The van der Waals surface area contributed by atoms with E-state index in [1.165, 1.54) is 0 Å². The number of morpholine rings is 4. The van der Waals surface area contributed by atoms with E-state index in [1.54, 1.807) is 14.2 Å². The lowest BCUT2D eigenvalue weighted by Crippen LogP contribution is -2.46. The molecule has 4 atom stereocenters. The standard InChI is InChI=1S/2C25H31N5O4/c2*1-16-14-33-10-8-29(16)24-20-5-6-21(18-4-7-22(32-3)19(12-18)13-31)26-23(20)27-25(28-24)30-9-11-34-15-17(30)2/h2*4-7,12,16-17,31H,8-11,13-15H2,1-3H3/t2*16-,17-/m00/s1. The number of fused-ring (bicyclic) bond motifs is 2. The number of nitrogens with zero attached hydrogens (tertiary/aromatic N) is 10. The lowest BCUT2D eigenvalue weighted by Gasteiger charge is -2.37. The van der Waals surface area contributed by atoms with Gasteiger partial charge in [-0.15, -0.1) is 0 Å². The Morgan fingerprint density at radius 3 is 1.19 bits per heavy atom. The van der Waals surface area contributed by atoms with Crippen LogP contribution in [0.15, 0.2) is 60.7 Å². The molecule has 18 heteroatoms. The molecular weight excluding hydrogens is 869 g/mol. The Balaban J connectivity index is 0.000000170. The average molecular weight is 931 g/mol. The number of rotatable bonds is 10. The van der Waals surface area contributed by atoms with Crippen molar-refractivity contribution in [3.63, 3.8) is 0 Å². The molecule has 18 nitrogen and oxygen atoms in total. The van der Waals surface area contributed by atoms with Crippen LogP contribution < -0.4 is 29.1 Å². The van der Waals surface area contributed by atoms with E-state index in [1.807, 2.05) is 60.7 Å². The molecule has 360 valence electrons. The second kappa shape index (κ2) is 21.1. The SMILES string of the molecule is COc1ccc(-c2ccc3c(N4CCOC[C@@H]4C)nc(N4CCOC[C@@H]4C)nc3n2)cc1CO.COc1ccc(-c2ccc3c(N4CCOC[C@@H]4C)nc(N4CCOC[C@@H]4C)nc3n2)cc1CO. The van der Waals surface area contributed by atoms with E-state index in [2.05, 4.69) is 47.3 Å². The first-order valence-electron chi connectivity index (χ1n) is 23.5. The van der Waals surface area contributed by atoms with Crippen molar-refractivity contribution in [2.75, 3.05) is 113 Å². The number of methoxy groups -OCH3 is 2. The van der Waals surface area contributed by atoms with Gasteiger partial charge in [-0.25, -0.2) is 9.97 Å². The summed E-state index contributed by atoms with van der Waals surface area (Å²) < 4.78 is 33.3. The second-order valence-electron chi connectivity index (χ2n) is 17.7. The van der Waals surface area contributed by atoms with Crippen molar-refractivity contribution in [3.8, 4) is 34.0 Å². The van der Waals surface area contributed by atoms with Crippen LogP contribution in [0.25, 0.3) is 44.6 Å². The van der Waals surface area contributed by atoms with Crippen LogP contribution in [0.2, 0.25) is 0 Å². The number of aliphatic hydroxyl groups excluding tert-OH is 2. The normalized spacial score (nSPS) is 21.2.